The number of benzene rings is 1. The predicted octanol–water partition coefficient (Wildman–Crippen LogP) is 1.54. The molecule has 0 aromatic heterocycles. The van der Waals surface area contributed by atoms with Crippen molar-refractivity contribution in [2.75, 3.05) is 6.54 Å². The molecule has 10 nitrogen and oxygen atoms in total. The maximum atomic E-state index is 12.1. The fourth-order valence-electron chi connectivity index (χ4n) is 1.82. The van der Waals surface area contributed by atoms with Gasteiger partial charge in [0.15, 0.2) is 0 Å². The Balaban J connectivity index is 2.88. The first-order valence-electron chi connectivity index (χ1n) is 7.28. The van der Waals surface area contributed by atoms with Crippen LogP contribution in [0.25, 0.3) is 0 Å². The molecule has 0 aliphatic rings. The quantitative estimate of drug-likeness (QED) is 0.418. The van der Waals surface area contributed by atoms with Crippen LogP contribution in [0.15, 0.2) is 18.2 Å². The van der Waals surface area contributed by atoms with E-state index in [9.17, 15) is 29.8 Å². The summed E-state index contributed by atoms with van der Waals surface area (Å²) >= 11 is 0. The van der Waals surface area contributed by atoms with Gasteiger partial charge in [0.05, 0.1) is 21.5 Å². The zero-order chi connectivity index (χ0) is 18.3. The van der Waals surface area contributed by atoms with Crippen LogP contribution >= 0.6 is 0 Å². The molecule has 10 heteroatoms. The van der Waals surface area contributed by atoms with Gasteiger partial charge in [0.2, 0.25) is 5.91 Å². The summed E-state index contributed by atoms with van der Waals surface area (Å²) in [6.07, 6.45) is 1.70. The van der Waals surface area contributed by atoms with Crippen LogP contribution in [-0.4, -0.2) is 34.2 Å². The van der Waals surface area contributed by atoms with Crippen LogP contribution in [-0.2, 0) is 4.79 Å². The first-order valence-corrected chi connectivity index (χ1v) is 7.28. The maximum Gasteiger partial charge on any atom is 0.277 e. The monoisotopic (exact) mass is 338 g/mol. The minimum absolute atomic E-state index is 0.260. The van der Waals surface area contributed by atoms with Crippen molar-refractivity contribution in [1.29, 1.82) is 0 Å². The lowest BCUT2D eigenvalue weighted by Gasteiger charge is -2.14. The van der Waals surface area contributed by atoms with Crippen LogP contribution in [0.3, 0.4) is 0 Å². The van der Waals surface area contributed by atoms with E-state index in [1.807, 2.05) is 6.92 Å². The summed E-state index contributed by atoms with van der Waals surface area (Å²) in [7, 11) is 0. The van der Waals surface area contributed by atoms with Crippen molar-refractivity contribution in [3.63, 3.8) is 0 Å². The third-order valence-electron chi connectivity index (χ3n) is 3.16. The third kappa shape index (κ3) is 5.30. The Kier molecular flexibility index (Phi) is 6.78. The molecule has 0 spiro atoms. The average Bonchev–Trinajstić information content (AvgIpc) is 2.54. The highest BCUT2D eigenvalue weighted by Crippen LogP contribution is 2.22. The molecule has 0 saturated carbocycles. The highest BCUT2D eigenvalue weighted by atomic mass is 16.6. The molecule has 1 unspecified atom stereocenters. The molecule has 2 N–H and O–H groups in total. The Bertz CT molecular complexity index is 628. The molecule has 0 heterocycles. The average molecular weight is 338 g/mol. The van der Waals surface area contributed by atoms with Gasteiger partial charge in [0, 0.05) is 18.7 Å². The lowest BCUT2D eigenvalue weighted by atomic mass is 10.1. The van der Waals surface area contributed by atoms with E-state index >= 15 is 0 Å². The lowest BCUT2D eigenvalue weighted by Crippen LogP contribution is -2.45. The van der Waals surface area contributed by atoms with Crippen LogP contribution in [0.2, 0.25) is 0 Å². The predicted molar refractivity (Wildman–Crippen MR) is 84.6 cm³/mol. The van der Waals surface area contributed by atoms with E-state index in [-0.39, 0.29) is 5.56 Å². The topological polar surface area (TPSA) is 144 Å². The number of rotatable bonds is 8. The number of nitro groups is 2. The maximum absolute atomic E-state index is 12.1. The number of non-ortho nitro benzene ring substituents is 2. The summed E-state index contributed by atoms with van der Waals surface area (Å²) in [5, 5.41) is 26.6. The summed E-state index contributed by atoms with van der Waals surface area (Å²) in [5.41, 5.74) is -1.41. The van der Waals surface area contributed by atoms with Gasteiger partial charge in [-0.15, -0.1) is 0 Å². The highest BCUT2D eigenvalue weighted by Gasteiger charge is 2.22. The van der Waals surface area contributed by atoms with Crippen LogP contribution in [0.5, 0.6) is 0 Å². The smallest absolute Gasteiger partial charge is 0.277 e. The van der Waals surface area contributed by atoms with Gasteiger partial charge in [-0.1, -0.05) is 13.3 Å². The highest BCUT2D eigenvalue weighted by molar-refractivity contribution is 5.98. The van der Waals surface area contributed by atoms with Crippen LogP contribution in [0.4, 0.5) is 11.4 Å². The minimum atomic E-state index is -0.882. The Hall–Kier alpha value is -3.04. The molecule has 1 aromatic carbocycles. The minimum Gasteiger partial charge on any atom is -0.354 e. The molecule has 1 rings (SSSR count). The number of nitrogens with zero attached hydrogens (tertiary/aromatic N) is 2. The number of nitrogens with one attached hydrogen (secondary N) is 2. The van der Waals surface area contributed by atoms with Crippen molar-refractivity contribution in [2.45, 2.75) is 32.7 Å². The second-order valence-electron chi connectivity index (χ2n) is 5.09. The number of nitro benzene ring substituents is 2. The Morgan fingerprint density at radius 1 is 1.12 bits per heavy atom. The zero-order valence-electron chi connectivity index (χ0n) is 13.3. The zero-order valence-corrected chi connectivity index (χ0v) is 13.3. The van der Waals surface area contributed by atoms with Crippen molar-refractivity contribution < 1.29 is 19.4 Å². The molecule has 0 radical (unpaired) electrons. The molecular weight excluding hydrogens is 320 g/mol. The van der Waals surface area contributed by atoms with E-state index in [4.69, 9.17) is 0 Å². The van der Waals surface area contributed by atoms with E-state index < -0.39 is 39.1 Å². The summed E-state index contributed by atoms with van der Waals surface area (Å²) < 4.78 is 0. The first-order chi connectivity index (χ1) is 11.3. The Morgan fingerprint density at radius 3 is 2.12 bits per heavy atom. The normalized spacial score (nSPS) is 11.4. The van der Waals surface area contributed by atoms with Crippen molar-refractivity contribution in [3.8, 4) is 0 Å². The fourth-order valence-corrected chi connectivity index (χ4v) is 1.82. The van der Waals surface area contributed by atoms with Crippen molar-refractivity contribution in [2.24, 2.45) is 0 Å². The van der Waals surface area contributed by atoms with Gasteiger partial charge >= 0.3 is 0 Å². The number of amides is 2. The molecule has 1 atom stereocenters. The number of unbranched alkanes of at least 4 members (excludes halogenated alkanes) is 1. The fraction of sp³-hybridized carbons (Fsp3) is 0.429. The number of carbonyl (C=O) groups is 2. The van der Waals surface area contributed by atoms with Gasteiger partial charge in [-0.2, -0.15) is 0 Å². The molecule has 24 heavy (non-hydrogen) atoms. The van der Waals surface area contributed by atoms with Crippen LogP contribution in [0.1, 0.15) is 37.0 Å². The molecule has 0 fully saturated rings. The third-order valence-corrected chi connectivity index (χ3v) is 3.16. The standard InChI is InChI=1S/C14H18N4O6/c1-3-4-5-15-13(19)9(2)16-14(20)10-6-11(17(21)22)8-12(7-10)18(23)24/h6-9H,3-5H2,1-2H3,(H,15,19)(H,16,20). The molecule has 2 amide bonds. The molecule has 0 saturated heterocycles. The van der Waals surface area contributed by atoms with Crippen LogP contribution < -0.4 is 10.6 Å². The van der Waals surface area contributed by atoms with Gasteiger partial charge in [-0.3, -0.25) is 29.8 Å². The molecular formula is C14H18N4O6. The summed E-state index contributed by atoms with van der Waals surface area (Å²) in [4.78, 5) is 43.9. The molecule has 1 aromatic rings. The van der Waals surface area contributed by atoms with E-state index in [2.05, 4.69) is 10.6 Å². The van der Waals surface area contributed by atoms with Gasteiger partial charge in [0.1, 0.15) is 6.04 Å². The molecule has 0 aliphatic carbocycles. The summed E-state index contributed by atoms with van der Waals surface area (Å²) in [5.74, 6) is -1.21. The van der Waals surface area contributed by atoms with Crippen molar-refractivity contribution in [1.82, 2.24) is 10.6 Å². The number of carbonyl (C=O) groups excluding carboxylic acids is 2. The molecule has 130 valence electrons. The Labute approximate surface area is 137 Å². The second kappa shape index (κ2) is 8.56. The molecule has 0 aliphatic heterocycles. The van der Waals surface area contributed by atoms with E-state index in [0.29, 0.717) is 6.54 Å². The van der Waals surface area contributed by atoms with Crippen LogP contribution in [0, 0.1) is 20.2 Å². The molecule has 0 bridgehead atoms. The van der Waals surface area contributed by atoms with Gasteiger partial charge in [-0.25, -0.2) is 0 Å². The Morgan fingerprint density at radius 2 is 1.67 bits per heavy atom. The van der Waals surface area contributed by atoms with E-state index in [1.54, 1.807) is 0 Å². The van der Waals surface area contributed by atoms with Crippen molar-refractivity contribution in [3.05, 3.63) is 44.0 Å². The second-order valence-corrected chi connectivity index (χ2v) is 5.09. The summed E-state index contributed by atoms with van der Waals surface area (Å²) in [6, 6.07) is 1.72. The lowest BCUT2D eigenvalue weighted by molar-refractivity contribution is -0.394. The van der Waals surface area contributed by atoms with Gasteiger partial charge in [-0.05, 0) is 13.3 Å². The number of hydrogen-bond donors (Lipinski definition) is 2. The van der Waals surface area contributed by atoms with E-state index in [1.165, 1.54) is 6.92 Å². The van der Waals surface area contributed by atoms with Gasteiger partial charge < -0.3 is 10.6 Å². The van der Waals surface area contributed by atoms with Gasteiger partial charge in [0.25, 0.3) is 17.3 Å². The first kappa shape index (κ1) is 19.0. The number of hydrogen-bond acceptors (Lipinski definition) is 6. The summed E-state index contributed by atoms with van der Waals surface area (Å²) in [6.45, 7) is 3.88. The van der Waals surface area contributed by atoms with E-state index in [0.717, 1.165) is 31.0 Å². The SMILES string of the molecule is CCCCNC(=O)C(C)NC(=O)c1cc([N+](=O)[O-])cc([N+](=O)[O-])c1. The largest absolute Gasteiger partial charge is 0.354 e. The van der Waals surface area contributed by atoms with Crippen molar-refractivity contribution >= 4 is 23.2 Å².